The number of imide groups is 2. The topological polar surface area (TPSA) is 66.5 Å². The zero-order chi connectivity index (χ0) is 16.6. The van der Waals surface area contributed by atoms with E-state index in [2.05, 4.69) is 21.2 Å². The molecule has 5 nitrogen and oxygen atoms in total. The molecule has 0 radical (unpaired) electrons. The Bertz CT molecular complexity index is 839. The molecule has 0 spiro atoms. The minimum absolute atomic E-state index is 0.0699. The number of hydrogen-bond acceptors (Lipinski definition) is 4. The smallest absolute Gasteiger partial charge is 0.273 e. The van der Waals surface area contributed by atoms with Crippen LogP contribution in [-0.4, -0.2) is 17.8 Å². The van der Waals surface area contributed by atoms with Crippen molar-refractivity contribution in [2.45, 2.75) is 6.92 Å². The maximum Gasteiger partial charge on any atom is 0.335 e. The van der Waals surface area contributed by atoms with Gasteiger partial charge in [-0.3, -0.25) is 14.9 Å². The van der Waals surface area contributed by atoms with E-state index < -0.39 is 17.8 Å². The molecule has 1 saturated heterocycles. The van der Waals surface area contributed by atoms with Gasteiger partial charge in [-0.25, -0.2) is 9.69 Å². The molecule has 0 unspecified atom stereocenters. The molecule has 1 aromatic heterocycles. The van der Waals surface area contributed by atoms with Gasteiger partial charge in [-0.15, -0.1) is 11.3 Å². The predicted octanol–water partition coefficient (Wildman–Crippen LogP) is 3.49. The molecule has 2 aromatic rings. The van der Waals surface area contributed by atoms with Crippen LogP contribution in [0.25, 0.3) is 6.08 Å². The quantitative estimate of drug-likeness (QED) is 0.630. The van der Waals surface area contributed by atoms with E-state index in [4.69, 9.17) is 0 Å². The summed E-state index contributed by atoms with van der Waals surface area (Å²) in [7, 11) is 0. The van der Waals surface area contributed by atoms with Gasteiger partial charge in [-0.1, -0.05) is 17.7 Å². The van der Waals surface area contributed by atoms with Gasteiger partial charge in [0.25, 0.3) is 11.8 Å². The van der Waals surface area contributed by atoms with Crippen LogP contribution in [0.1, 0.15) is 10.4 Å². The number of halogens is 1. The van der Waals surface area contributed by atoms with Crippen molar-refractivity contribution in [3.8, 4) is 0 Å². The van der Waals surface area contributed by atoms with Crippen molar-refractivity contribution < 1.29 is 14.4 Å². The van der Waals surface area contributed by atoms with Crippen molar-refractivity contribution in [2.75, 3.05) is 4.90 Å². The van der Waals surface area contributed by atoms with E-state index in [1.54, 1.807) is 30.3 Å². The van der Waals surface area contributed by atoms with Gasteiger partial charge in [0.1, 0.15) is 5.57 Å². The van der Waals surface area contributed by atoms with Crippen LogP contribution in [0.5, 0.6) is 0 Å². The molecule has 1 N–H and O–H groups in total. The van der Waals surface area contributed by atoms with E-state index in [0.717, 1.165) is 19.1 Å². The summed E-state index contributed by atoms with van der Waals surface area (Å²) < 4.78 is 0.888. The van der Waals surface area contributed by atoms with Crippen LogP contribution in [0, 0.1) is 6.92 Å². The summed E-state index contributed by atoms with van der Waals surface area (Å²) >= 11 is 4.72. The van der Waals surface area contributed by atoms with Crippen molar-refractivity contribution in [1.29, 1.82) is 0 Å². The highest BCUT2D eigenvalue weighted by Crippen LogP contribution is 2.26. The molecule has 116 valence electrons. The molecule has 1 fully saturated rings. The number of hydrogen-bond donors (Lipinski definition) is 1. The SMILES string of the molecule is Cc1ccc(N2C(=O)NC(=O)/C(=C\c3ccc(Br)s3)C2=O)cc1. The van der Waals surface area contributed by atoms with Gasteiger partial charge in [0.05, 0.1) is 9.47 Å². The summed E-state index contributed by atoms with van der Waals surface area (Å²) in [4.78, 5) is 38.4. The first-order valence-electron chi connectivity index (χ1n) is 6.69. The van der Waals surface area contributed by atoms with Gasteiger partial charge in [0.2, 0.25) is 0 Å². The Balaban J connectivity index is 2.00. The lowest BCUT2D eigenvalue weighted by Crippen LogP contribution is -2.54. The van der Waals surface area contributed by atoms with Gasteiger partial charge in [-0.2, -0.15) is 0 Å². The summed E-state index contributed by atoms with van der Waals surface area (Å²) in [5, 5.41) is 2.20. The second kappa shape index (κ2) is 6.10. The van der Waals surface area contributed by atoms with Crippen LogP contribution in [0.15, 0.2) is 45.8 Å². The number of thiophene rings is 1. The van der Waals surface area contributed by atoms with Crippen LogP contribution in [0.4, 0.5) is 10.5 Å². The Hall–Kier alpha value is -2.25. The number of amides is 4. The van der Waals surface area contributed by atoms with E-state index in [-0.39, 0.29) is 5.57 Å². The second-order valence-electron chi connectivity index (χ2n) is 4.94. The number of aryl methyl sites for hydroxylation is 1. The number of benzene rings is 1. The van der Waals surface area contributed by atoms with Crippen LogP contribution >= 0.6 is 27.3 Å². The maximum atomic E-state index is 12.6. The molecule has 1 aliphatic heterocycles. The lowest BCUT2D eigenvalue weighted by atomic mass is 10.1. The van der Waals surface area contributed by atoms with Crippen molar-refractivity contribution in [2.24, 2.45) is 0 Å². The van der Waals surface area contributed by atoms with E-state index in [1.807, 2.05) is 13.0 Å². The maximum absolute atomic E-state index is 12.6. The van der Waals surface area contributed by atoms with Gasteiger partial charge >= 0.3 is 6.03 Å². The van der Waals surface area contributed by atoms with Gasteiger partial charge in [0.15, 0.2) is 0 Å². The summed E-state index contributed by atoms with van der Waals surface area (Å²) in [6, 6.07) is 9.80. The Morgan fingerprint density at radius 2 is 1.78 bits per heavy atom. The fraction of sp³-hybridized carbons (Fsp3) is 0.0625. The predicted molar refractivity (Wildman–Crippen MR) is 92.2 cm³/mol. The summed E-state index contributed by atoms with van der Waals surface area (Å²) in [5.74, 6) is -1.32. The average Bonchev–Trinajstić information content (AvgIpc) is 2.91. The van der Waals surface area contributed by atoms with E-state index in [0.29, 0.717) is 5.69 Å². The number of barbiturate groups is 1. The van der Waals surface area contributed by atoms with E-state index in [1.165, 1.54) is 17.4 Å². The molecule has 3 rings (SSSR count). The van der Waals surface area contributed by atoms with Crippen molar-refractivity contribution in [1.82, 2.24) is 5.32 Å². The van der Waals surface area contributed by atoms with Gasteiger partial charge in [0, 0.05) is 4.88 Å². The number of carbonyl (C=O) groups excluding carboxylic acids is 3. The molecular weight excluding hydrogens is 380 g/mol. The molecule has 1 aliphatic rings. The van der Waals surface area contributed by atoms with Crippen LogP contribution in [0.3, 0.4) is 0 Å². The van der Waals surface area contributed by atoms with Crippen LogP contribution in [0.2, 0.25) is 0 Å². The Kier molecular flexibility index (Phi) is 4.14. The third-order valence-corrected chi connectivity index (χ3v) is 4.85. The molecule has 1 aromatic carbocycles. The molecular formula is C16H11BrN2O3S. The fourth-order valence-corrected chi connectivity index (χ4v) is 3.50. The first-order chi connectivity index (χ1) is 11.0. The fourth-order valence-electron chi connectivity index (χ4n) is 2.13. The minimum atomic E-state index is -0.742. The summed E-state index contributed by atoms with van der Waals surface area (Å²) in [6.07, 6.45) is 1.49. The summed E-state index contributed by atoms with van der Waals surface area (Å²) in [6.45, 7) is 1.91. The zero-order valence-electron chi connectivity index (χ0n) is 12.0. The Labute approximate surface area is 144 Å². The minimum Gasteiger partial charge on any atom is -0.273 e. The molecule has 0 bridgehead atoms. The van der Waals surface area contributed by atoms with Crippen molar-refractivity contribution in [3.63, 3.8) is 0 Å². The number of carbonyl (C=O) groups is 3. The lowest BCUT2D eigenvalue weighted by Gasteiger charge is -2.26. The van der Waals surface area contributed by atoms with E-state index in [9.17, 15) is 14.4 Å². The standard InChI is InChI=1S/C16H11BrN2O3S/c1-9-2-4-10(5-3-9)19-15(21)12(14(20)18-16(19)22)8-11-6-7-13(17)23-11/h2-8H,1H3,(H,18,20,22)/b12-8+. The second-order valence-corrected chi connectivity index (χ2v) is 7.43. The first kappa shape index (κ1) is 15.6. The number of urea groups is 1. The molecule has 23 heavy (non-hydrogen) atoms. The number of nitrogens with zero attached hydrogens (tertiary/aromatic N) is 1. The number of rotatable bonds is 2. The van der Waals surface area contributed by atoms with Crippen LogP contribution < -0.4 is 10.2 Å². The van der Waals surface area contributed by atoms with Crippen LogP contribution in [-0.2, 0) is 9.59 Å². The first-order valence-corrected chi connectivity index (χ1v) is 8.30. The van der Waals surface area contributed by atoms with Crippen molar-refractivity contribution >= 4 is 56.9 Å². The summed E-state index contributed by atoms with van der Waals surface area (Å²) in [5.41, 5.74) is 1.36. The Morgan fingerprint density at radius 1 is 1.09 bits per heavy atom. The average molecular weight is 391 g/mol. The Morgan fingerprint density at radius 3 is 2.39 bits per heavy atom. The van der Waals surface area contributed by atoms with Gasteiger partial charge in [-0.05, 0) is 53.2 Å². The molecule has 0 saturated carbocycles. The molecule has 0 aliphatic carbocycles. The zero-order valence-corrected chi connectivity index (χ0v) is 14.4. The highest BCUT2D eigenvalue weighted by molar-refractivity contribution is 9.11. The molecule has 2 heterocycles. The largest absolute Gasteiger partial charge is 0.335 e. The number of nitrogens with one attached hydrogen (secondary N) is 1. The monoisotopic (exact) mass is 390 g/mol. The molecule has 0 atom stereocenters. The van der Waals surface area contributed by atoms with Gasteiger partial charge < -0.3 is 0 Å². The van der Waals surface area contributed by atoms with E-state index >= 15 is 0 Å². The number of anilines is 1. The highest BCUT2D eigenvalue weighted by Gasteiger charge is 2.36. The molecule has 7 heteroatoms. The van der Waals surface area contributed by atoms with Crippen molar-refractivity contribution in [3.05, 3.63) is 56.2 Å². The highest BCUT2D eigenvalue weighted by atomic mass is 79.9. The lowest BCUT2D eigenvalue weighted by molar-refractivity contribution is -0.122. The normalized spacial score (nSPS) is 16.9. The molecule has 4 amide bonds. The third kappa shape index (κ3) is 3.11. The third-order valence-electron chi connectivity index (χ3n) is 3.27.